The number of nitro groups is 1. The number of nitro benzene ring substituents is 1. The number of benzene rings is 2. The van der Waals surface area contributed by atoms with E-state index in [-0.39, 0.29) is 11.6 Å². The molecule has 0 saturated heterocycles. The van der Waals surface area contributed by atoms with Gasteiger partial charge in [-0.2, -0.15) is 0 Å². The molecule has 2 rings (SSSR count). The molecule has 1 amide bonds. The van der Waals surface area contributed by atoms with Crippen LogP contribution in [0.4, 0.5) is 11.4 Å². The molecule has 2 aromatic rings. The molecule has 26 heavy (non-hydrogen) atoms. The van der Waals surface area contributed by atoms with Crippen LogP contribution < -0.4 is 5.32 Å². The number of aryl methyl sites for hydroxylation is 1. The van der Waals surface area contributed by atoms with Crippen molar-refractivity contribution in [2.24, 2.45) is 0 Å². The van der Waals surface area contributed by atoms with E-state index < -0.39 is 16.1 Å². The molecular formula is C18H18N2O5S. The zero-order valence-corrected chi connectivity index (χ0v) is 15.3. The smallest absolute Gasteiger partial charge is 0.337 e. The van der Waals surface area contributed by atoms with Gasteiger partial charge in [0, 0.05) is 22.7 Å². The minimum absolute atomic E-state index is 0.00158. The second-order valence-corrected chi connectivity index (χ2v) is 6.94. The lowest BCUT2D eigenvalue weighted by Crippen LogP contribution is -2.23. The summed E-state index contributed by atoms with van der Waals surface area (Å²) < 4.78 is 4.69. The Morgan fingerprint density at radius 2 is 1.85 bits per heavy atom. The fourth-order valence-corrected chi connectivity index (χ4v) is 3.01. The van der Waals surface area contributed by atoms with Crippen molar-refractivity contribution in [2.75, 3.05) is 12.4 Å². The SMILES string of the molecule is COC(=O)c1ccc(C)c(NC(=O)[C@@H](C)Sc2ccc([N+](=O)[O-])cc2)c1. The van der Waals surface area contributed by atoms with E-state index >= 15 is 0 Å². The Hall–Kier alpha value is -2.87. The van der Waals surface area contributed by atoms with Gasteiger partial charge in [-0.25, -0.2) is 4.79 Å². The van der Waals surface area contributed by atoms with Crippen LogP contribution in [0.15, 0.2) is 47.4 Å². The zero-order chi connectivity index (χ0) is 19.3. The molecule has 0 aliphatic heterocycles. The number of rotatable bonds is 6. The lowest BCUT2D eigenvalue weighted by atomic mass is 10.1. The summed E-state index contributed by atoms with van der Waals surface area (Å²) in [5, 5.41) is 13.0. The molecule has 136 valence electrons. The number of nitrogens with one attached hydrogen (secondary N) is 1. The van der Waals surface area contributed by atoms with Crippen molar-refractivity contribution in [3.63, 3.8) is 0 Å². The first-order valence-corrected chi connectivity index (χ1v) is 8.60. The maximum absolute atomic E-state index is 12.4. The highest BCUT2D eigenvalue weighted by Crippen LogP contribution is 2.27. The van der Waals surface area contributed by atoms with E-state index in [2.05, 4.69) is 10.1 Å². The van der Waals surface area contributed by atoms with Gasteiger partial charge in [-0.05, 0) is 43.7 Å². The third kappa shape index (κ3) is 4.82. The van der Waals surface area contributed by atoms with Crippen LogP contribution in [0.25, 0.3) is 0 Å². The molecule has 0 aromatic heterocycles. The maximum atomic E-state index is 12.4. The monoisotopic (exact) mass is 374 g/mol. The number of non-ortho nitro benzene ring substituents is 1. The average molecular weight is 374 g/mol. The number of nitrogens with zero attached hydrogens (tertiary/aromatic N) is 1. The molecule has 0 radical (unpaired) electrons. The van der Waals surface area contributed by atoms with Gasteiger partial charge in [-0.15, -0.1) is 11.8 Å². The Balaban J connectivity index is 2.07. The summed E-state index contributed by atoms with van der Waals surface area (Å²) in [6.45, 7) is 3.56. The number of ether oxygens (including phenoxy) is 1. The number of hydrogen-bond donors (Lipinski definition) is 1. The van der Waals surface area contributed by atoms with Gasteiger partial charge in [-0.1, -0.05) is 6.07 Å². The van der Waals surface area contributed by atoms with Gasteiger partial charge in [0.15, 0.2) is 0 Å². The molecule has 0 spiro atoms. The van der Waals surface area contributed by atoms with Crippen LogP contribution in [0, 0.1) is 17.0 Å². The summed E-state index contributed by atoms with van der Waals surface area (Å²) in [7, 11) is 1.29. The molecule has 0 heterocycles. The van der Waals surface area contributed by atoms with E-state index in [0.717, 1.165) is 10.5 Å². The normalized spacial score (nSPS) is 11.5. The summed E-state index contributed by atoms with van der Waals surface area (Å²) >= 11 is 1.29. The van der Waals surface area contributed by atoms with Gasteiger partial charge in [0.1, 0.15) is 0 Å². The van der Waals surface area contributed by atoms with Crippen molar-refractivity contribution in [3.8, 4) is 0 Å². The molecule has 0 aliphatic carbocycles. The van der Waals surface area contributed by atoms with E-state index in [1.807, 2.05) is 6.92 Å². The summed E-state index contributed by atoms with van der Waals surface area (Å²) in [5.41, 5.74) is 1.71. The van der Waals surface area contributed by atoms with Crippen molar-refractivity contribution in [1.29, 1.82) is 0 Å². The first-order chi connectivity index (χ1) is 12.3. The van der Waals surface area contributed by atoms with Crippen LogP contribution in [0.1, 0.15) is 22.8 Å². The third-order valence-electron chi connectivity index (χ3n) is 3.65. The van der Waals surface area contributed by atoms with Crippen LogP contribution in [-0.4, -0.2) is 29.2 Å². The Kier molecular flexibility index (Phi) is 6.35. The van der Waals surface area contributed by atoms with E-state index in [9.17, 15) is 19.7 Å². The topological polar surface area (TPSA) is 98.5 Å². The minimum Gasteiger partial charge on any atom is -0.465 e. The Morgan fingerprint density at radius 3 is 2.42 bits per heavy atom. The van der Waals surface area contributed by atoms with Crippen LogP contribution in [-0.2, 0) is 9.53 Å². The van der Waals surface area contributed by atoms with Crippen LogP contribution >= 0.6 is 11.8 Å². The molecule has 0 fully saturated rings. The van der Waals surface area contributed by atoms with Gasteiger partial charge in [0.2, 0.25) is 5.91 Å². The lowest BCUT2D eigenvalue weighted by Gasteiger charge is -2.14. The molecule has 0 unspecified atom stereocenters. The van der Waals surface area contributed by atoms with E-state index in [1.165, 1.54) is 31.0 Å². The zero-order valence-electron chi connectivity index (χ0n) is 14.5. The van der Waals surface area contributed by atoms with Crippen LogP contribution in [0.5, 0.6) is 0 Å². The fraction of sp³-hybridized carbons (Fsp3) is 0.222. The van der Waals surface area contributed by atoms with Crippen molar-refractivity contribution < 1.29 is 19.2 Å². The Labute approximate surface area is 154 Å². The molecule has 0 bridgehead atoms. The highest BCUT2D eigenvalue weighted by atomic mass is 32.2. The van der Waals surface area contributed by atoms with Gasteiger partial charge in [0.25, 0.3) is 5.69 Å². The lowest BCUT2D eigenvalue weighted by molar-refractivity contribution is -0.384. The largest absolute Gasteiger partial charge is 0.465 e. The molecule has 1 atom stereocenters. The summed E-state index contributed by atoms with van der Waals surface area (Å²) in [4.78, 5) is 35.0. The first kappa shape index (κ1) is 19.5. The summed E-state index contributed by atoms with van der Waals surface area (Å²) in [6.07, 6.45) is 0. The third-order valence-corrected chi connectivity index (χ3v) is 4.76. The summed E-state index contributed by atoms with van der Waals surface area (Å²) in [5.74, 6) is -0.715. The molecule has 0 aliphatic rings. The van der Waals surface area contributed by atoms with Gasteiger partial charge in [0.05, 0.1) is 22.8 Å². The number of methoxy groups -OCH3 is 1. The number of thioether (sulfide) groups is 1. The van der Waals surface area contributed by atoms with E-state index in [1.54, 1.807) is 37.3 Å². The second kappa shape index (κ2) is 8.48. The van der Waals surface area contributed by atoms with E-state index in [4.69, 9.17) is 0 Å². The van der Waals surface area contributed by atoms with Gasteiger partial charge < -0.3 is 10.1 Å². The van der Waals surface area contributed by atoms with Gasteiger partial charge >= 0.3 is 5.97 Å². The second-order valence-electron chi connectivity index (χ2n) is 5.52. The fourth-order valence-electron chi connectivity index (χ4n) is 2.14. The number of amides is 1. The molecule has 2 aromatic carbocycles. The standard InChI is InChI=1S/C18H18N2O5S/c1-11-4-5-13(18(22)25-3)10-16(11)19-17(21)12(2)26-15-8-6-14(7-9-15)20(23)24/h4-10,12H,1-3H3,(H,19,21)/t12-/m1/s1. The number of esters is 1. The van der Waals surface area contributed by atoms with Gasteiger partial charge in [-0.3, -0.25) is 14.9 Å². The minimum atomic E-state index is -0.478. The van der Waals surface area contributed by atoms with Crippen molar-refractivity contribution >= 4 is 35.0 Å². The maximum Gasteiger partial charge on any atom is 0.337 e. The molecule has 0 saturated carbocycles. The van der Waals surface area contributed by atoms with Crippen LogP contribution in [0.3, 0.4) is 0 Å². The Bertz CT molecular complexity index is 836. The molecule has 1 N–H and O–H groups in total. The molecule has 8 heteroatoms. The number of carbonyl (C=O) groups excluding carboxylic acids is 2. The first-order valence-electron chi connectivity index (χ1n) is 7.72. The molecular weight excluding hydrogens is 356 g/mol. The van der Waals surface area contributed by atoms with Crippen LogP contribution in [0.2, 0.25) is 0 Å². The average Bonchev–Trinajstić information content (AvgIpc) is 2.63. The van der Waals surface area contributed by atoms with E-state index in [0.29, 0.717) is 11.3 Å². The highest BCUT2D eigenvalue weighted by Gasteiger charge is 2.17. The Morgan fingerprint density at radius 1 is 1.19 bits per heavy atom. The van der Waals surface area contributed by atoms with Crippen molar-refractivity contribution in [1.82, 2.24) is 0 Å². The quantitative estimate of drug-likeness (QED) is 0.357. The predicted octanol–water partition coefficient (Wildman–Crippen LogP) is 3.81. The number of carbonyl (C=O) groups is 2. The van der Waals surface area contributed by atoms with Crippen molar-refractivity contribution in [3.05, 3.63) is 63.7 Å². The van der Waals surface area contributed by atoms with Crippen molar-refractivity contribution in [2.45, 2.75) is 24.0 Å². The molecule has 7 nitrogen and oxygen atoms in total. The number of anilines is 1. The predicted molar refractivity (Wildman–Crippen MR) is 99.6 cm³/mol. The highest BCUT2D eigenvalue weighted by molar-refractivity contribution is 8.00. The summed E-state index contributed by atoms with van der Waals surface area (Å²) in [6, 6.07) is 10.9. The number of hydrogen-bond acceptors (Lipinski definition) is 6.